The van der Waals surface area contributed by atoms with E-state index < -0.39 is 35.3 Å². The molecule has 1 aromatic rings. The summed E-state index contributed by atoms with van der Waals surface area (Å²) in [6.07, 6.45) is 8.38. The minimum absolute atomic E-state index is 0.306. The molecule has 0 spiro atoms. The van der Waals surface area contributed by atoms with E-state index in [1.54, 1.807) is 0 Å². The summed E-state index contributed by atoms with van der Waals surface area (Å²) >= 11 is 0. The van der Waals surface area contributed by atoms with Gasteiger partial charge in [-0.25, -0.2) is 4.39 Å². The van der Waals surface area contributed by atoms with Crippen LogP contribution in [0.5, 0.6) is 5.75 Å². The summed E-state index contributed by atoms with van der Waals surface area (Å²) in [6, 6.07) is 1.59. The lowest BCUT2D eigenvalue weighted by molar-refractivity contribution is -0.224. The van der Waals surface area contributed by atoms with E-state index >= 15 is 0 Å². The van der Waals surface area contributed by atoms with Crippen LogP contribution in [-0.4, -0.2) is 6.11 Å². The molecule has 0 atom stereocenters. The molecule has 0 saturated heterocycles. The van der Waals surface area contributed by atoms with Gasteiger partial charge in [-0.3, -0.25) is 0 Å². The molecule has 0 unspecified atom stereocenters. The zero-order chi connectivity index (χ0) is 25.9. The molecule has 0 heterocycles. The van der Waals surface area contributed by atoms with Crippen LogP contribution in [0.2, 0.25) is 0 Å². The van der Waals surface area contributed by atoms with Gasteiger partial charge in [-0.15, -0.1) is 0 Å². The highest BCUT2D eigenvalue weighted by Crippen LogP contribution is 2.46. The number of alkyl halides is 5. The highest BCUT2D eigenvalue weighted by Gasteiger charge is 2.45. The lowest BCUT2D eigenvalue weighted by Crippen LogP contribution is -2.38. The lowest BCUT2D eigenvalue weighted by atomic mass is 9.69. The topological polar surface area (TPSA) is 9.23 Å². The maximum absolute atomic E-state index is 14.8. The molecule has 4 rings (SSSR count). The highest BCUT2D eigenvalue weighted by atomic mass is 19.4. The zero-order valence-electron chi connectivity index (χ0n) is 21.0. The fourth-order valence-corrected chi connectivity index (χ4v) is 6.56. The Bertz CT molecular complexity index is 870. The lowest BCUT2D eigenvalue weighted by Gasteiger charge is -2.39. The second-order valence-electron chi connectivity index (χ2n) is 11.5. The van der Waals surface area contributed by atoms with E-state index in [4.69, 9.17) is 4.74 Å². The van der Waals surface area contributed by atoms with Crippen molar-refractivity contribution in [1.82, 2.24) is 0 Å². The molecule has 0 N–H and O–H groups in total. The number of ether oxygens (including phenoxy) is 1. The fourth-order valence-electron chi connectivity index (χ4n) is 6.56. The summed E-state index contributed by atoms with van der Waals surface area (Å²) in [7, 11) is 0. The maximum Gasteiger partial charge on any atom is 0.419 e. The molecule has 1 aromatic carbocycles. The molecule has 3 fully saturated rings. The third-order valence-electron chi connectivity index (χ3n) is 8.95. The van der Waals surface area contributed by atoms with E-state index in [0.29, 0.717) is 55.6 Å². The monoisotopic (exact) mass is 516 g/mol. The normalized spacial score (nSPS) is 32.5. The van der Waals surface area contributed by atoms with Crippen LogP contribution >= 0.6 is 0 Å². The molecule has 1 nitrogen and oxygen atoms in total. The molecule has 0 radical (unpaired) electrons. The molecule has 3 aliphatic carbocycles. The molecule has 0 amide bonds. The highest BCUT2D eigenvalue weighted by molar-refractivity contribution is 5.30. The van der Waals surface area contributed by atoms with Gasteiger partial charge in [0.2, 0.25) is 0 Å². The quantitative estimate of drug-likeness (QED) is 0.270. The minimum atomic E-state index is -4.88. The van der Waals surface area contributed by atoms with Crippen molar-refractivity contribution < 1.29 is 31.1 Å². The van der Waals surface area contributed by atoms with Crippen molar-refractivity contribution in [3.8, 4) is 5.75 Å². The first-order valence-electron chi connectivity index (χ1n) is 13.6. The number of rotatable bonds is 6. The van der Waals surface area contributed by atoms with Gasteiger partial charge in [0.05, 0.1) is 11.5 Å². The second kappa shape index (κ2) is 11.4. The Balaban J connectivity index is 1.22. The molecule has 0 aliphatic heterocycles. The van der Waals surface area contributed by atoms with E-state index in [0.717, 1.165) is 30.7 Å². The van der Waals surface area contributed by atoms with E-state index in [-0.39, 0.29) is 0 Å². The van der Waals surface area contributed by atoms with Crippen LogP contribution < -0.4 is 4.74 Å². The minimum Gasteiger partial charge on any atom is -0.432 e. The summed E-state index contributed by atoms with van der Waals surface area (Å²) in [5, 5.41) is 0. The first-order chi connectivity index (χ1) is 17.0. The Morgan fingerprint density at radius 1 is 0.722 bits per heavy atom. The van der Waals surface area contributed by atoms with E-state index in [1.165, 1.54) is 38.5 Å². The summed E-state index contributed by atoms with van der Waals surface area (Å²) in [5.74, 6) is 0.0297. The average Bonchev–Trinajstić information content (AvgIpc) is 2.83. The van der Waals surface area contributed by atoms with Crippen LogP contribution in [0.3, 0.4) is 0 Å². The standard InChI is InChI=1S/C29H38F6O/c1-19-2-4-20(5-3-19)6-7-21-8-10-22(11-9-21)23-12-14-24(15-13-23)29(34,35)36-25-16-17-26(27(30)18-25)28(31,32)33/h6-7,16-24H,2-5,8-15H2,1H3/b7-6+. The van der Waals surface area contributed by atoms with Gasteiger partial charge >= 0.3 is 12.3 Å². The van der Waals surface area contributed by atoms with Crippen molar-refractivity contribution in [2.75, 3.05) is 0 Å². The number of hydrogen-bond acceptors (Lipinski definition) is 1. The van der Waals surface area contributed by atoms with Gasteiger partial charge in [0, 0.05) is 6.07 Å². The summed E-state index contributed by atoms with van der Waals surface area (Å²) in [6.45, 7) is 2.34. The van der Waals surface area contributed by atoms with E-state index in [9.17, 15) is 26.3 Å². The van der Waals surface area contributed by atoms with Gasteiger partial charge in [-0.05, 0) is 106 Å². The van der Waals surface area contributed by atoms with Crippen LogP contribution in [0.4, 0.5) is 26.3 Å². The molecule has 36 heavy (non-hydrogen) atoms. The third kappa shape index (κ3) is 7.00. The molecule has 0 bridgehead atoms. The summed E-state index contributed by atoms with van der Waals surface area (Å²) in [4.78, 5) is 0. The second-order valence-corrected chi connectivity index (χ2v) is 11.5. The van der Waals surface area contributed by atoms with Gasteiger partial charge < -0.3 is 4.74 Å². The van der Waals surface area contributed by atoms with Crippen molar-refractivity contribution in [2.24, 2.45) is 35.5 Å². The SMILES string of the molecule is CC1CCC(/C=C/C2CCC(C3CCC(C(F)(F)Oc4ccc(C(F)(F)F)c(F)c4)CC3)CC2)CC1. The Labute approximate surface area is 210 Å². The molecular formula is C29H38F6O. The Morgan fingerprint density at radius 3 is 1.72 bits per heavy atom. The third-order valence-corrected chi connectivity index (χ3v) is 8.95. The molecule has 3 saturated carbocycles. The van der Waals surface area contributed by atoms with Gasteiger partial charge in [-0.2, -0.15) is 22.0 Å². The Kier molecular flexibility index (Phi) is 8.66. The first kappa shape index (κ1) is 27.4. The number of allylic oxidation sites excluding steroid dienone is 2. The molecule has 3 aliphatic rings. The average molecular weight is 517 g/mol. The molecular weight excluding hydrogens is 478 g/mol. The Morgan fingerprint density at radius 2 is 1.22 bits per heavy atom. The van der Waals surface area contributed by atoms with Gasteiger partial charge in [0.1, 0.15) is 11.6 Å². The van der Waals surface area contributed by atoms with Crippen molar-refractivity contribution in [2.45, 2.75) is 96.3 Å². The van der Waals surface area contributed by atoms with E-state index in [1.807, 2.05) is 0 Å². The predicted molar refractivity (Wildman–Crippen MR) is 128 cm³/mol. The maximum atomic E-state index is 14.8. The Hall–Kier alpha value is -1.66. The smallest absolute Gasteiger partial charge is 0.419 e. The van der Waals surface area contributed by atoms with E-state index in [2.05, 4.69) is 19.1 Å². The number of benzene rings is 1. The van der Waals surface area contributed by atoms with Crippen molar-refractivity contribution in [1.29, 1.82) is 0 Å². The van der Waals surface area contributed by atoms with Crippen LogP contribution in [0.1, 0.15) is 89.5 Å². The van der Waals surface area contributed by atoms with Gasteiger partial charge in [0.15, 0.2) is 0 Å². The molecule has 0 aromatic heterocycles. The number of hydrogen-bond donors (Lipinski definition) is 0. The van der Waals surface area contributed by atoms with Crippen LogP contribution in [0, 0.1) is 41.3 Å². The summed E-state index contributed by atoms with van der Waals surface area (Å²) < 4.78 is 86.2. The van der Waals surface area contributed by atoms with Gasteiger partial charge in [0.25, 0.3) is 0 Å². The van der Waals surface area contributed by atoms with Crippen molar-refractivity contribution >= 4 is 0 Å². The fraction of sp³-hybridized carbons (Fsp3) is 0.724. The molecule has 7 heteroatoms. The number of halogens is 6. The zero-order valence-corrected chi connectivity index (χ0v) is 21.0. The van der Waals surface area contributed by atoms with Crippen molar-refractivity contribution in [3.63, 3.8) is 0 Å². The van der Waals surface area contributed by atoms with Crippen LogP contribution in [-0.2, 0) is 6.18 Å². The van der Waals surface area contributed by atoms with Crippen LogP contribution in [0.25, 0.3) is 0 Å². The predicted octanol–water partition coefficient (Wildman–Crippen LogP) is 9.81. The largest absolute Gasteiger partial charge is 0.432 e. The first-order valence-corrected chi connectivity index (χ1v) is 13.6. The van der Waals surface area contributed by atoms with Crippen LogP contribution in [0.15, 0.2) is 30.4 Å². The molecule has 202 valence electrons. The summed E-state index contributed by atoms with van der Waals surface area (Å²) in [5.41, 5.74) is -1.49. The van der Waals surface area contributed by atoms with Crippen molar-refractivity contribution in [3.05, 3.63) is 41.7 Å². The van der Waals surface area contributed by atoms with Gasteiger partial charge in [-0.1, -0.05) is 31.9 Å².